The number of carbonyl (C=O) groups is 5. The van der Waals surface area contributed by atoms with Crippen molar-refractivity contribution in [3.8, 4) is 11.5 Å². The summed E-state index contributed by atoms with van der Waals surface area (Å²) >= 11 is 0. The lowest BCUT2D eigenvalue weighted by Crippen LogP contribution is -2.56. The lowest BCUT2D eigenvalue weighted by atomic mass is 10.0. The molecular weight excluding hydrogens is 785 g/mol. The molecule has 3 heterocycles. The summed E-state index contributed by atoms with van der Waals surface area (Å²) in [5.41, 5.74) is 4.89. The van der Waals surface area contributed by atoms with E-state index in [1.807, 2.05) is 128 Å². The van der Waals surface area contributed by atoms with Gasteiger partial charge in [-0.1, -0.05) is 97.1 Å². The summed E-state index contributed by atoms with van der Waals surface area (Å²) in [6, 6.07) is 37.7. The van der Waals surface area contributed by atoms with Crippen molar-refractivity contribution in [1.29, 1.82) is 0 Å². The molecule has 2 aromatic heterocycles. The van der Waals surface area contributed by atoms with Crippen molar-refractivity contribution in [3.63, 3.8) is 0 Å². The molecule has 0 aliphatic carbocycles. The van der Waals surface area contributed by atoms with Crippen LogP contribution in [0.3, 0.4) is 0 Å². The molecule has 0 saturated carbocycles. The van der Waals surface area contributed by atoms with Crippen LogP contribution in [-0.2, 0) is 44.9 Å². The van der Waals surface area contributed by atoms with E-state index in [0.29, 0.717) is 23.5 Å². The number of nitrogens with zero attached hydrogens (tertiary/aromatic N) is 2. The number of ether oxygens (including phenoxy) is 1. The summed E-state index contributed by atoms with van der Waals surface area (Å²) in [6.07, 6.45) is 5.52. The van der Waals surface area contributed by atoms with Gasteiger partial charge in [0.15, 0.2) is 0 Å². The number of amides is 6. The Kier molecular flexibility index (Phi) is 12.4. The Balaban J connectivity index is 1.06. The molecule has 7 aromatic rings. The molecule has 8 rings (SSSR count). The molecule has 14 heteroatoms. The highest BCUT2D eigenvalue weighted by Gasteiger charge is 2.31. The van der Waals surface area contributed by atoms with E-state index in [1.54, 1.807) is 18.2 Å². The molecule has 1 aliphatic heterocycles. The van der Waals surface area contributed by atoms with Gasteiger partial charge in [0, 0.05) is 53.3 Å². The first kappa shape index (κ1) is 40.8. The number of hydrogen-bond acceptors (Lipinski definition) is 7. The van der Waals surface area contributed by atoms with E-state index in [0.717, 1.165) is 43.5 Å². The summed E-state index contributed by atoms with van der Waals surface area (Å²) < 4.78 is 6.00. The number of aromatic amines is 2. The molecule has 6 amide bonds. The first-order chi connectivity index (χ1) is 30.2. The molecule has 5 aromatic carbocycles. The molecule has 6 N–H and O–H groups in total. The van der Waals surface area contributed by atoms with E-state index in [2.05, 4.69) is 36.3 Å². The molecule has 1 saturated heterocycles. The fourth-order valence-corrected chi connectivity index (χ4v) is 7.48. The lowest BCUT2D eigenvalue weighted by Gasteiger charge is -2.25. The van der Waals surface area contributed by atoms with Gasteiger partial charge in [-0.2, -0.15) is 5.10 Å². The van der Waals surface area contributed by atoms with Gasteiger partial charge in [-0.3, -0.25) is 24.5 Å². The highest BCUT2D eigenvalue weighted by atomic mass is 16.5. The fourth-order valence-electron chi connectivity index (χ4n) is 7.48. The molecule has 3 atom stereocenters. The Labute approximate surface area is 356 Å². The van der Waals surface area contributed by atoms with Crippen molar-refractivity contribution in [2.24, 2.45) is 5.10 Å². The predicted molar refractivity (Wildman–Crippen MR) is 235 cm³/mol. The maximum absolute atomic E-state index is 14.6. The van der Waals surface area contributed by atoms with Crippen LogP contribution >= 0.6 is 0 Å². The smallest absolute Gasteiger partial charge is 0.344 e. The van der Waals surface area contributed by atoms with Crippen molar-refractivity contribution in [1.82, 2.24) is 36.2 Å². The number of fused-ring (bicyclic) bond motifs is 2. The molecule has 0 radical (unpaired) electrons. The molecule has 3 unspecified atom stereocenters. The van der Waals surface area contributed by atoms with Crippen LogP contribution in [0.2, 0.25) is 0 Å². The van der Waals surface area contributed by atoms with Crippen molar-refractivity contribution in [2.75, 3.05) is 6.54 Å². The standard InChI is InChI=1S/C48H44N8O6/c57-44(24-32-14-11-17-37(23-32)62-36-15-5-2-6-16-36)53-42(25-33-27-49-40-20-9-7-18-38(33)40)47(60)54-43(26-34-28-50-41-21-10-8-19-39(34)41)46(59)52-35(22-31-12-3-1-4-13-31)29-51-56-30-45(58)55-48(56)61/h1-21,23,27-29,35,42-43,49-50H,22,24-26,30H2,(H,52,59)(H,53,57)(H,54,60)(H,55,58,61)/b51-29+. The van der Waals surface area contributed by atoms with Gasteiger partial charge in [0.2, 0.25) is 23.6 Å². The van der Waals surface area contributed by atoms with Crippen LogP contribution in [0, 0.1) is 0 Å². The number of benzene rings is 5. The topological polar surface area (TPSA) is 190 Å². The Morgan fingerprint density at radius 3 is 1.85 bits per heavy atom. The number of imide groups is 1. The highest BCUT2D eigenvalue weighted by molar-refractivity contribution is 6.02. The Morgan fingerprint density at radius 2 is 1.21 bits per heavy atom. The van der Waals surface area contributed by atoms with Gasteiger partial charge >= 0.3 is 6.03 Å². The molecule has 0 bridgehead atoms. The second-order valence-corrected chi connectivity index (χ2v) is 15.0. The zero-order valence-corrected chi connectivity index (χ0v) is 33.5. The maximum Gasteiger partial charge on any atom is 0.344 e. The lowest BCUT2D eigenvalue weighted by molar-refractivity contribution is -0.132. The van der Waals surface area contributed by atoms with E-state index in [4.69, 9.17) is 4.74 Å². The Morgan fingerprint density at radius 1 is 0.645 bits per heavy atom. The monoisotopic (exact) mass is 828 g/mol. The minimum Gasteiger partial charge on any atom is -0.457 e. The van der Waals surface area contributed by atoms with Gasteiger partial charge in [-0.05, 0) is 65.1 Å². The summed E-state index contributed by atoms with van der Waals surface area (Å²) in [5.74, 6) is -0.755. The third-order valence-electron chi connectivity index (χ3n) is 10.5. The zero-order valence-electron chi connectivity index (χ0n) is 33.5. The average Bonchev–Trinajstić information content (AvgIpc) is 3.98. The Hall–Kier alpha value is -8.00. The van der Waals surface area contributed by atoms with Crippen LogP contribution in [0.4, 0.5) is 4.79 Å². The van der Waals surface area contributed by atoms with Crippen LogP contribution in [0.25, 0.3) is 21.8 Å². The zero-order chi connectivity index (χ0) is 42.8. The SMILES string of the molecule is O=C1CN(/N=C/C(Cc2ccccc2)NC(=O)C(Cc2c[nH]c3ccccc23)NC(=O)C(Cc2c[nH]c3ccccc23)NC(=O)Cc2cccc(Oc3ccccc3)c2)C(=O)N1. The minimum absolute atomic E-state index is 0.0377. The third-order valence-corrected chi connectivity index (χ3v) is 10.5. The molecular formula is C48H44N8O6. The summed E-state index contributed by atoms with van der Waals surface area (Å²) in [6.45, 7) is -0.253. The number of para-hydroxylation sites is 3. The van der Waals surface area contributed by atoms with Crippen LogP contribution in [0.15, 0.2) is 151 Å². The van der Waals surface area contributed by atoms with Crippen LogP contribution in [0.1, 0.15) is 22.3 Å². The van der Waals surface area contributed by atoms with Gasteiger partial charge in [0.25, 0.3) is 0 Å². The average molecular weight is 829 g/mol. The number of hydrogen-bond donors (Lipinski definition) is 6. The quantitative estimate of drug-likeness (QED) is 0.0504. The number of rotatable bonds is 17. The second kappa shape index (κ2) is 18.9. The van der Waals surface area contributed by atoms with Gasteiger partial charge in [-0.15, -0.1) is 0 Å². The number of nitrogens with one attached hydrogen (secondary N) is 6. The number of aromatic nitrogens is 2. The van der Waals surface area contributed by atoms with Gasteiger partial charge in [0.05, 0.1) is 12.5 Å². The number of H-pyrrole nitrogens is 2. The van der Waals surface area contributed by atoms with Crippen LogP contribution in [0.5, 0.6) is 11.5 Å². The molecule has 312 valence electrons. The van der Waals surface area contributed by atoms with E-state index in [1.165, 1.54) is 6.21 Å². The molecule has 14 nitrogen and oxygen atoms in total. The minimum atomic E-state index is -1.13. The van der Waals surface area contributed by atoms with Crippen molar-refractivity contribution >= 4 is 57.7 Å². The van der Waals surface area contributed by atoms with Gasteiger partial charge in [-0.25, -0.2) is 9.80 Å². The number of carbonyl (C=O) groups excluding carboxylic acids is 5. The Bertz CT molecular complexity index is 2750. The largest absolute Gasteiger partial charge is 0.457 e. The van der Waals surface area contributed by atoms with E-state index >= 15 is 0 Å². The van der Waals surface area contributed by atoms with Crippen LogP contribution in [-0.4, -0.2) is 75.5 Å². The predicted octanol–water partition coefficient (Wildman–Crippen LogP) is 5.70. The fraction of sp³-hybridized carbons (Fsp3) is 0.167. The van der Waals surface area contributed by atoms with Gasteiger partial charge < -0.3 is 30.7 Å². The van der Waals surface area contributed by atoms with E-state index in [-0.39, 0.29) is 25.8 Å². The van der Waals surface area contributed by atoms with Crippen molar-refractivity contribution in [2.45, 2.75) is 43.8 Å². The highest BCUT2D eigenvalue weighted by Crippen LogP contribution is 2.24. The maximum atomic E-state index is 14.6. The summed E-state index contributed by atoms with van der Waals surface area (Å²) in [5, 5.41) is 18.2. The molecule has 1 fully saturated rings. The van der Waals surface area contributed by atoms with Crippen molar-refractivity contribution < 1.29 is 28.7 Å². The van der Waals surface area contributed by atoms with E-state index < -0.39 is 47.8 Å². The first-order valence-corrected chi connectivity index (χ1v) is 20.3. The number of urea groups is 1. The molecule has 1 aliphatic rings. The van der Waals surface area contributed by atoms with Crippen LogP contribution < -0.4 is 26.0 Å². The summed E-state index contributed by atoms with van der Waals surface area (Å²) in [4.78, 5) is 73.7. The van der Waals surface area contributed by atoms with Crippen molar-refractivity contribution in [3.05, 3.63) is 168 Å². The van der Waals surface area contributed by atoms with E-state index in [9.17, 15) is 24.0 Å². The molecule has 0 spiro atoms. The summed E-state index contributed by atoms with van der Waals surface area (Å²) in [7, 11) is 0. The second-order valence-electron chi connectivity index (χ2n) is 15.0. The van der Waals surface area contributed by atoms with Gasteiger partial charge in [0.1, 0.15) is 30.1 Å². The third kappa shape index (κ3) is 10.2. The number of hydrazone groups is 1. The first-order valence-electron chi connectivity index (χ1n) is 20.3. The normalized spacial score (nSPS) is 14.1. The molecule has 62 heavy (non-hydrogen) atoms.